The Kier molecular flexibility index (Phi) is 6.61. The molecule has 2 amide bonds. The summed E-state index contributed by atoms with van der Waals surface area (Å²) in [6, 6.07) is 12.9. The monoisotopic (exact) mass is 475 g/mol. The molecule has 3 heterocycles. The number of carbonyl (C=O) groups excluding carboxylic acids is 2. The molecule has 182 valence electrons. The van der Waals surface area contributed by atoms with Crippen LogP contribution in [-0.4, -0.2) is 59.0 Å². The van der Waals surface area contributed by atoms with E-state index in [4.69, 9.17) is 4.74 Å². The second-order valence-electron chi connectivity index (χ2n) is 9.15. The van der Waals surface area contributed by atoms with Gasteiger partial charge in [0.2, 0.25) is 11.8 Å². The van der Waals surface area contributed by atoms with E-state index in [-0.39, 0.29) is 30.0 Å². The quantitative estimate of drug-likeness (QED) is 0.544. The van der Waals surface area contributed by atoms with Crippen molar-refractivity contribution in [3.05, 3.63) is 64.2 Å². The van der Waals surface area contributed by atoms with Gasteiger partial charge >= 0.3 is 0 Å². The predicted octanol–water partition coefficient (Wildman–Crippen LogP) is 2.45. The molecule has 0 aliphatic carbocycles. The first-order valence-electron chi connectivity index (χ1n) is 12.0. The maximum atomic E-state index is 13.0. The summed E-state index contributed by atoms with van der Waals surface area (Å²) in [6.07, 6.45) is 2.76. The van der Waals surface area contributed by atoms with Crippen LogP contribution in [0.15, 0.2) is 47.3 Å². The first-order chi connectivity index (χ1) is 17.0. The van der Waals surface area contributed by atoms with Crippen molar-refractivity contribution >= 4 is 34.1 Å². The van der Waals surface area contributed by atoms with Crippen molar-refractivity contribution in [1.29, 1.82) is 0 Å². The Morgan fingerprint density at radius 1 is 1.26 bits per heavy atom. The third-order valence-corrected chi connectivity index (χ3v) is 6.53. The van der Waals surface area contributed by atoms with Gasteiger partial charge in [0.25, 0.3) is 5.56 Å². The molecule has 1 saturated heterocycles. The van der Waals surface area contributed by atoms with E-state index in [0.717, 1.165) is 37.1 Å². The fraction of sp³-hybridized carbons (Fsp3) is 0.385. The average molecular weight is 476 g/mol. The molecule has 0 saturated carbocycles. The van der Waals surface area contributed by atoms with Crippen molar-refractivity contribution in [3.8, 4) is 0 Å². The van der Waals surface area contributed by atoms with Gasteiger partial charge < -0.3 is 19.9 Å². The molecule has 0 bridgehead atoms. The van der Waals surface area contributed by atoms with Crippen molar-refractivity contribution < 1.29 is 14.3 Å². The Hall–Kier alpha value is -3.56. The number of hydrogen-bond donors (Lipinski definition) is 2. The Bertz CT molecular complexity index is 1310. The summed E-state index contributed by atoms with van der Waals surface area (Å²) in [4.78, 5) is 48.5. The zero-order valence-corrected chi connectivity index (χ0v) is 19.8. The molecule has 1 atom stereocenters. The molecule has 35 heavy (non-hydrogen) atoms. The van der Waals surface area contributed by atoms with Crippen LogP contribution in [0.1, 0.15) is 31.2 Å². The van der Waals surface area contributed by atoms with E-state index in [0.29, 0.717) is 42.0 Å². The van der Waals surface area contributed by atoms with Crippen LogP contribution in [0.25, 0.3) is 10.9 Å². The van der Waals surface area contributed by atoms with E-state index in [9.17, 15) is 14.4 Å². The molecule has 5 rings (SSSR count). The minimum atomic E-state index is -0.190. The second-order valence-corrected chi connectivity index (χ2v) is 9.15. The molecule has 0 unspecified atom stereocenters. The van der Waals surface area contributed by atoms with E-state index in [2.05, 4.69) is 15.3 Å². The van der Waals surface area contributed by atoms with Crippen LogP contribution in [-0.2, 0) is 27.3 Å². The summed E-state index contributed by atoms with van der Waals surface area (Å²) in [5.41, 5.74) is 3.10. The van der Waals surface area contributed by atoms with Crippen LogP contribution in [0, 0.1) is 0 Å². The molecule has 9 heteroatoms. The number of rotatable bonds is 7. The molecule has 0 spiro atoms. The van der Waals surface area contributed by atoms with Gasteiger partial charge in [0.15, 0.2) is 0 Å². The zero-order valence-electron chi connectivity index (χ0n) is 19.8. The zero-order chi connectivity index (χ0) is 24.4. The molecule has 9 nitrogen and oxygen atoms in total. The lowest BCUT2D eigenvalue weighted by molar-refractivity contribution is -0.118. The van der Waals surface area contributed by atoms with Gasteiger partial charge in [0.05, 0.1) is 30.1 Å². The lowest BCUT2D eigenvalue weighted by Crippen LogP contribution is -2.38. The first kappa shape index (κ1) is 23.2. The van der Waals surface area contributed by atoms with Gasteiger partial charge in [0, 0.05) is 38.0 Å². The van der Waals surface area contributed by atoms with Gasteiger partial charge in [-0.05, 0) is 55.2 Å². The maximum absolute atomic E-state index is 13.0. The average Bonchev–Trinajstić information content (AvgIpc) is 3.48. The molecule has 2 N–H and O–H groups in total. The van der Waals surface area contributed by atoms with Crippen LogP contribution in [0.2, 0.25) is 0 Å². The largest absolute Gasteiger partial charge is 0.377 e. The van der Waals surface area contributed by atoms with Crippen LogP contribution in [0.5, 0.6) is 0 Å². The summed E-state index contributed by atoms with van der Waals surface area (Å²) >= 11 is 0. The summed E-state index contributed by atoms with van der Waals surface area (Å²) < 4.78 is 5.80. The number of nitrogens with one attached hydrogen (secondary N) is 2. The number of H-pyrrole nitrogens is 1. The Morgan fingerprint density at radius 2 is 2.11 bits per heavy atom. The molecule has 1 aromatic heterocycles. The van der Waals surface area contributed by atoms with Gasteiger partial charge in [-0.15, -0.1) is 0 Å². The summed E-state index contributed by atoms with van der Waals surface area (Å²) in [7, 11) is 0. The predicted molar refractivity (Wildman–Crippen MR) is 133 cm³/mol. The van der Waals surface area contributed by atoms with Crippen molar-refractivity contribution in [2.75, 3.05) is 36.5 Å². The highest BCUT2D eigenvalue weighted by atomic mass is 16.5. The van der Waals surface area contributed by atoms with E-state index in [1.807, 2.05) is 41.3 Å². The molecule has 2 aliphatic rings. The number of ether oxygens (including phenoxy) is 1. The fourth-order valence-corrected chi connectivity index (χ4v) is 4.89. The molecule has 2 aromatic carbocycles. The summed E-state index contributed by atoms with van der Waals surface area (Å²) in [5.74, 6) is 0.375. The smallest absolute Gasteiger partial charge is 0.258 e. The van der Waals surface area contributed by atoms with Gasteiger partial charge in [-0.3, -0.25) is 19.3 Å². The number of aromatic amines is 1. The highest BCUT2D eigenvalue weighted by Crippen LogP contribution is 2.30. The molecular formula is C26H29N5O4. The van der Waals surface area contributed by atoms with E-state index >= 15 is 0 Å². The number of para-hydroxylation sites is 1. The molecular weight excluding hydrogens is 446 g/mol. The van der Waals surface area contributed by atoms with Crippen molar-refractivity contribution in [3.63, 3.8) is 0 Å². The third kappa shape index (κ3) is 5.26. The van der Waals surface area contributed by atoms with Crippen molar-refractivity contribution in [1.82, 2.24) is 14.9 Å². The van der Waals surface area contributed by atoms with Crippen LogP contribution in [0.3, 0.4) is 0 Å². The van der Waals surface area contributed by atoms with Gasteiger partial charge in [-0.25, -0.2) is 4.98 Å². The number of hydrogen-bond acceptors (Lipinski definition) is 6. The minimum absolute atomic E-state index is 0.0191. The van der Waals surface area contributed by atoms with E-state index < -0.39 is 0 Å². The minimum Gasteiger partial charge on any atom is -0.377 e. The number of nitrogens with zero attached hydrogens (tertiary/aromatic N) is 3. The molecule has 3 aromatic rings. The fourth-order valence-electron chi connectivity index (χ4n) is 4.89. The highest BCUT2D eigenvalue weighted by Gasteiger charge is 2.24. The first-order valence-corrected chi connectivity index (χ1v) is 12.0. The summed E-state index contributed by atoms with van der Waals surface area (Å²) in [6.45, 7) is 3.97. The number of fused-ring (bicyclic) bond motifs is 2. The molecule has 1 fully saturated rings. The summed E-state index contributed by atoms with van der Waals surface area (Å²) in [5, 5.41) is 3.52. The number of carbonyl (C=O) groups is 2. The van der Waals surface area contributed by atoms with Gasteiger partial charge in [0.1, 0.15) is 5.82 Å². The maximum Gasteiger partial charge on any atom is 0.258 e. The second kappa shape index (κ2) is 9.97. The number of aromatic nitrogens is 2. The Morgan fingerprint density at radius 3 is 2.91 bits per heavy atom. The lowest BCUT2D eigenvalue weighted by Gasteiger charge is -2.24. The van der Waals surface area contributed by atoms with E-state index in [1.165, 1.54) is 0 Å². The van der Waals surface area contributed by atoms with Crippen molar-refractivity contribution in [2.45, 2.75) is 38.8 Å². The Balaban J connectivity index is 1.30. The molecule has 0 radical (unpaired) electrons. The van der Waals surface area contributed by atoms with Gasteiger partial charge in [-0.2, -0.15) is 0 Å². The number of anilines is 2. The van der Waals surface area contributed by atoms with E-state index in [1.54, 1.807) is 17.9 Å². The van der Waals surface area contributed by atoms with Crippen molar-refractivity contribution in [2.24, 2.45) is 0 Å². The lowest BCUT2D eigenvalue weighted by atomic mass is 10.1. The normalized spacial score (nSPS) is 17.2. The topological polar surface area (TPSA) is 108 Å². The number of benzene rings is 2. The third-order valence-electron chi connectivity index (χ3n) is 6.53. The Labute approximate surface area is 203 Å². The van der Waals surface area contributed by atoms with Crippen LogP contribution < -0.4 is 15.8 Å². The molecule has 2 aliphatic heterocycles. The highest BCUT2D eigenvalue weighted by molar-refractivity contribution is 5.96. The van der Waals surface area contributed by atoms with Crippen LogP contribution in [0.4, 0.5) is 11.4 Å². The van der Waals surface area contributed by atoms with Gasteiger partial charge in [-0.1, -0.05) is 12.1 Å². The number of amides is 2. The van der Waals surface area contributed by atoms with Crippen LogP contribution >= 0.6 is 0 Å². The SMILES string of the molecule is CC(=O)N1CCc2cc(NC(=O)CN(Cc3nc4ccccc4c(=O)[nH]3)C[C@H]3CCCO3)ccc21. The standard InChI is InChI=1S/C26H29N5O4/c1-17(32)31-11-10-18-13-19(8-9-23(18)31)27-25(33)16-30(14-20-5-4-12-35-20)15-24-28-22-7-3-2-6-21(22)26(34)29-24/h2-3,6-9,13,20H,4-5,10-12,14-16H2,1H3,(H,27,33)(H,28,29,34)/t20-/m1/s1.